The molecule has 5 nitrogen and oxygen atoms in total. The van der Waals surface area contributed by atoms with Crippen LogP contribution in [0.25, 0.3) is 0 Å². The molecule has 72 valence electrons. The van der Waals surface area contributed by atoms with Crippen LogP contribution in [0, 0.1) is 0 Å². The van der Waals surface area contributed by atoms with Crippen LogP contribution in [0.4, 0.5) is 11.5 Å². The minimum atomic E-state index is 0.287. The van der Waals surface area contributed by atoms with Crippen LogP contribution >= 0.6 is 0 Å². The van der Waals surface area contributed by atoms with Gasteiger partial charge in [-0.25, -0.2) is 4.98 Å². The zero-order valence-corrected chi connectivity index (χ0v) is 7.49. The number of rotatable bonds is 4. The van der Waals surface area contributed by atoms with Crippen LogP contribution in [0.1, 0.15) is 0 Å². The van der Waals surface area contributed by atoms with Crippen molar-refractivity contribution in [3.63, 3.8) is 0 Å². The molecule has 1 rings (SSSR count). The van der Waals surface area contributed by atoms with Crippen molar-refractivity contribution in [2.75, 3.05) is 31.8 Å². The molecule has 0 aliphatic heterocycles. The summed E-state index contributed by atoms with van der Waals surface area (Å²) in [4.78, 5) is 3.81. The number of aromatic nitrogens is 1. The van der Waals surface area contributed by atoms with Crippen molar-refractivity contribution >= 4 is 11.5 Å². The molecule has 1 aromatic rings. The first kappa shape index (κ1) is 9.60. The summed E-state index contributed by atoms with van der Waals surface area (Å²) in [6.07, 6.45) is 1.55. The maximum Gasteiger partial charge on any atom is 0.150 e. The van der Waals surface area contributed by atoms with E-state index in [9.17, 15) is 0 Å². The van der Waals surface area contributed by atoms with Crippen molar-refractivity contribution in [3.8, 4) is 5.75 Å². The molecule has 5 heteroatoms. The number of anilines is 2. The van der Waals surface area contributed by atoms with Crippen LogP contribution in [0.2, 0.25) is 0 Å². The van der Waals surface area contributed by atoms with Gasteiger partial charge in [0.25, 0.3) is 0 Å². The summed E-state index contributed by atoms with van der Waals surface area (Å²) in [6.45, 7) is 0.964. The zero-order chi connectivity index (χ0) is 9.68. The molecular formula is C8H13N3O2. The van der Waals surface area contributed by atoms with Gasteiger partial charge >= 0.3 is 0 Å². The summed E-state index contributed by atoms with van der Waals surface area (Å²) in [5.41, 5.74) is 11.5. The molecule has 0 aromatic carbocycles. The first-order chi connectivity index (χ1) is 6.25. The maximum absolute atomic E-state index is 5.61. The molecule has 0 bridgehead atoms. The number of hydrogen-bond acceptors (Lipinski definition) is 5. The minimum Gasteiger partial charge on any atom is -0.489 e. The van der Waals surface area contributed by atoms with Crippen LogP contribution in [0.3, 0.4) is 0 Å². The molecule has 0 radical (unpaired) electrons. The first-order valence-electron chi connectivity index (χ1n) is 3.87. The highest BCUT2D eigenvalue weighted by Crippen LogP contribution is 2.24. The maximum atomic E-state index is 5.61. The van der Waals surface area contributed by atoms with Gasteiger partial charge < -0.3 is 20.9 Å². The zero-order valence-electron chi connectivity index (χ0n) is 7.49. The van der Waals surface area contributed by atoms with Crippen LogP contribution < -0.4 is 16.2 Å². The van der Waals surface area contributed by atoms with E-state index in [0.717, 1.165) is 0 Å². The van der Waals surface area contributed by atoms with Gasteiger partial charge in [0.2, 0.25) is 0 Å². The van der Waals surface area contributed by atoms with Gasteiger partial charge in [-0.1, -0.05) is 0 Å². The smallest absolute Gasteiger partial charge is 0.150 e. The van der Waals surface area contributed by atoms with Crippen molar-refractivity contribution in [3.05, 3.63) is 12.3 Å². The number of hydrogen-bond donors (Lipinski definition) is 2. The van der Waals surface area contributed by atoms with Gasteiger partial charge in [-0.3, -0.25) is 0 Å². The molecule has 0 unspecified atom stereocenters. The standard InChI is InChI=1S/C8H13N3O2/c1-12-4-5-13-6-2-3-11-8(10)7(6)9/h2-3H,4-5,9H2,1H3,(H2,10,11). The van der Waals surface area contributed by atoms with Crippen molar-refractivity contribution in [2.45, 2.75) is 0 Å². The van der Waals surface area contributed by atoms with Crippen molar-refractivity contribution in [1.82, 2.24) is 4.98 Å². The second-order valence-corrected chi connectivity index (χ2v) is 2.45. The molecule has 0 aliphatic rings. The van der Waals surface area contributed by atoms with E-state index >= 15 is 0 Å². The molecule has 0 spiro atoms. The lowest BCUT2D eigenvalue weighted by atomic mass is 10.3. The van der Waals surface area contributed by atoms with Gasteiger partial charge in [0.1, 0.15) is 23.9 Å². The predicted octanol–water partition coefficient (Wildman–Crippen LogP) is 0.271. The molecular weight excluding hydrogens is 170 g/mol. The van der Waals surface area contributed by atoms with Crippen LogP contribution in [0.5, 0.6) is 5.75 Å². The third-order valence-electron chi connectivity index (χ3n) is 1.53. The Morgan fingerprint density at radius 3 is 2.85 bits per heavy atom. The highest BCUT2D eigenvalue weighted by atomic mass is 16.5. The number of nitrogen functional groups attached to an aromatic ring is 2. The van der Waals surface area contributed by atoms with E-state index in [0.29, 0.717) is 24.7 Å². The van der Waals surface area contributed by atoms with Crippen LogP contribution in [0.15, 0.2) is 12.3 Å². The van der Waals surface area contributed by atoms with Gasteiger partial charge in [0, 0.05) is 19.4 Å². The lowest BCUT2D eigenvalue weighted by Crippen LogP contribution is -2.07. The van der Waals surface area contributed by atoms with Gasteiger partial charge in [0.15, 0.2) is 0 Å². The largest absolute Gasteiger partial charge is 0.489 e. The van der Waals surface area contributed by atoms with Gasteiger partial charge in [-0.05, 0) is 0 Å². The molecule has 0 saturated heterocycles. The molecule has 0 amide bonds. The Morgan fingerprint density at radius 2 is 2.15 bits per heavy atom. The van der Waals surface area contributed by atoms with E-state index in [4.69, 9.17) is 20.9 Å². The number of pyridine rings is 1. The fourth-order valence-electron chi connectivity index (χ4n) is 0.832. The average molecular weight is 183 g/mol. The molecule has 0 saturated carbocycles. The first-order valence-corrected chi connectivity index (χ1v) is 3.87. The number of nitrogens with two attached hydrogens (primary N) is 2. The van der Waals surface area contributed by atoms with Crippen LogP contribution in [-0.4, -0.2) is 25.3 Å². The van der Waals surface area contributed by atoms with Crippen molar-refractivity contribution < 1.29 is 9.47 Å². The lowest BCUT2D eigenvalue weighted by molar-refractivity contribution is 0.146. The average Bonchev–Trinajstić information content (AvgIpc) is 2.13. The van der Waals surface area contributed by atoms with Gasteiger partial charge in [0.05, 0.1) is 6.61 Å². The van der Waals surface area contributed by atoms with Gasteiger partial charge in [-0.15, -0.1) is 0 Å². The van der Waals surface area contributed by atoms with Crippen LogP contribution in [-0.2, 0) is 4.74 Å². The molecule has 1 heterocycles. The second-order valence-electron chi connectivity index (χ2n) is 2.45. The fourth-order valence-corrected chi connectivity index (χ4v) is 0.832. The molecule has 13 heavy (non-hydrogen) atoms. The van der Waals surface area contributed by atoms with E-state index in [-0.39, 0.29) is 5.82 Å². The van der Waals surface area contributed by atoms with Crippen molar-refractivity contribution in [1.29, 1.82) is 0 Å². The summed E-state index contributed by atoms with van der Waals surface area (Å²) in [7, 11) is 1.60. The quantitative estimate of drug-likeness (QED) is 0.655. The summed E-state index contributed by atoms with van der Waals surface area (Å²) in [6, 6.07) is 1.67. The van der Waals surface area contributed by atoms with Crippen molar-refractivity contribution in [2.24, 2.45) is 0 Å². The second kappa shape index (κ2) is 4.51. The number of nitrogens with zero attached hydrogens (tertiary/aromatic N) is 1. The predicted molar refractivity (Wildman–Crippen MR) is 50.4 cm³/mol. The molecule has 0 fully saturated rings. The van der Waals surface area contributed by atoms with E-state index in [2.05, 4.69) is 4.98 Å². The number of methoxy groups -OCH3 is 1. The van der Waals surface area contributed by atoms with E-state index in [1.807, 2.05) is 0 Å². The third kappa shape index (κ3) is 2.48. The summed E-state index contributed by atoms with van der Waals surface area (Å²) >= 11 is 0. The Balaban J connectivity index is 2.61. The molecule has 0 atom stereocenters. The molecule has 4 N–H and O–H groups in total. The van der Waals surface area contributed by atoms with Gasteiger partial charge in [-0.2, -0.15) is 0 Å². The highest BCUT2D eigenvalue weighted by molar-refractivity contribution is 5.66. The SMILES string of the molecule is COCCOc1ccnc(N)c1N. The summed E-state index contributed by atoms with van der Waals surface area (Å²) in [5, 5.41) is 0. The van der Waals surface area contributed by atoms with E-state index in [1.54, 1.807) is 19.4 Å². The Morgan fingerprint density at radius 1 is 1.38 bits per heavy atom. The Labute approximate surface area is 76.7 Å². The number of ether oxygens (including phenoxy) is 2. The third-order valence-corrected chi connectivity index (χ3v) is 1.53. The minimum absolute atomic E-state index is 0.287. The Hall–Kier alpha value is -1.49. The van der Waals surface area contributed by atoms with E-state index < -0.39 is 0 Å². The Bertz CT molecular complexity index is 278. The summed E-state index contributed by atoms with van der Waals surface area (Å²) in [5.74, 6) is 0.833. The topological polar surface area (TPSA) is 83.4 Å². The normalized spacial score (nSPS) is 9.92. The monoisotopic (exact) mass is 183 g/mol. The lowest BCUT2D eigenvalue weighted by Gasteiger charge is -2.08. The fraction of sp³-hybridized carbons (Fsp3) is 0.375. The summed E-state index contributed by atoms with van der Waals surface area (Å²) < 4.78 is 10.1. The van der Waals surface area contributed by atoms with E-state index in [1.165, 1.54) is 0 Å². The Kier molecular flexibility index (Phi) is 3.33. The highest BCUT2D eigenvalue weighted by Gasteiger charge is 2.03. The molecule has 0 aliphatic carbocycles. The molecule has 1 aromatic heterocycles.